The SMILES string of the molecule is CCN(CC)C(=O)CN(C)C(=O)C(C)(CC)C(N)=S. The molecule has 0 bridgehead atoms. The summed E-state index contributed by atoms with van der Waals surface area (Å²) < 4.78 is 0. The molecule has 0 saturated heterocycles. The monoisotopic (exact) mass is 287 g/mol. The Kier molecular flexibility index (Phi) is 6.97. The third-order valence-corrected chi connectivity index (χ3v) is 4.01. The molecule has 5 nitrogen and oxygen atoms in total. The topological polar surface area (TPSA) is 66.6 Å². The smallest absolute Gasteiger partial charge is 0.242 e. The van der Waals surface area contributed by atoms with Crippen molar-refractivity contribution in [1.29, 1.82) is 0 Å². The zero-order chi connectivity index (χ0) is 15.2. The van der Waals surface area contributed by atoms with Gasteiger partial charge in [0.2, 0.25) is 11.8 Å². The number of amides is 2. The average Bonchev–Trinajstić information content (AvgIpc) is 2.37. The van der Waals surface area contributed by atoms with Gasteiger partial charge in [-0.2, -0.15) is 0 Å². The van der Waals surface area contributed by atoms with Crippen LogP contribution in [0, 0.1) is 5.41 Å². The predicted octanol–water partition coefficient (Wildman–Crippen LogP) is 1.02. The molecule has 19 heavy (non-hydrogen) atoms. The van der Waals surface area contributed by atoms with E-state index in [0.29, 0.717) is 19.5 Å². The molecular weight excluding hydrogens is 262 g/mol. The van der Waals surface area contributed by atoms with E-state index in [1.54, 1.807) is 18.9 Å². The second-order valence-corrected chi connectivity index (χ2v) is 5.22. The highest BCUT2D eigenvalue weighted by molar-refractivity contribution is 7.80. The van der Waals surface area contributed by atoms with Crippen LogP contribution in [0.2, 0.25) is 0 Å². The Hall–Kier alpha value is -1.17. The second kappa shape index (κ2) is 7.43. The van der Waals surface area contributed by atoms with Gasteiger partial charge in [0.25, 0.3) is 0 Å². The zero-order valence-corrected chi connectivity index (χ0v) is 13.3. The molecule has 0 aromatic carbocycles. The van der Waals surface area contributed by atoms with Crippen LogP contribution < -0.4 is 5.73 Å². The Morgan fingerprint density at radius 1 is 1.21 bits per heavy atom. The summed E-state index contributed by atoms with van der Waals surface area (Å²) >= 11 is 4.97. The van der Waals surface area contributed by atoms with Gasteiger partial charge in [0.05, 0.1) is 16.9 Å². The van der Waals surface area contributed by atoms with Crippen LogP contribution in [0.1, 0.15) is 34.1 Å². The fourth-order valence-corrected chi connectivity index (χ4v) is 2.03. The fourth-order valence-electron chi connectivity index (χ4n) is 1.80. The van der Waals surface area contributed by atoms with E-state index < -0.39 is 5.41 Å². The highest BCUT2D eigenvalue weighted by atomic mass is 32.1. The van der Waals surface area contributed by atoms with E-state index in [9.17, 15) is 9.59 Å². The molecule has 2 amide bonds. The summed E-state index contributed by atoms with van der Waals surface area (Å²) in [5, 5.41) is 0. The third kappa shape index (κ3) is 4.16. The molecule has 0 heterocycles. The molecule has 1 unspecified atom stereocenters. The summed E-state index contributed by atoms with van der Waals surface area (Å²) in [6, 6.07) is 0. The number of carbonyl (C=O) groups excluding carboxylic acids is 2. The maximum atomic E-state index is 12.4. The molecule has 110 valence electrons. The standard InChI is InChI=1S/C13H25N3O2S/c1-6-13(4,11(14)19)12(18)15(5)9-10(17)16(7-2)8-3/h6-9H2,1-5H3,(H2,14,19). The molecule has 0 rings (SSSR count). The highest BCUT2D eigenvalue weighted by Gasteiger charge is 2.37. The molecule has 0 fully saturated rings. The quantitative estimate of drug-likeness (QED) is 0.710. The van der Waals surface area contributed by atoms with Gasteiger partial charge in [-0.25, -0.2) is 0 Å². The maximum absolute atomic E-state index is 12.4. The predicted molar refractivity (Wildman–Crippen MR) is 80.7 cm³/mol. The Bertz CT molecular complexity index is 356. The maximum Gasteiger partial charge on any atom is 0.242 e. The van der Waals surface area contributed by atoms with E-state index in [-0.39, 0.29) is 23.3 Å². The zero-order valence-electron chi connectivity index (χ0n) is 12.5. The first-order valence-electron chi connectivity index (χ1n) is 6.57. The fraction of sp³-hybridized carbons (Fsp3) is 0.769. The molecular formula is C13H25N3O2S. The first kappa shape index (κ1) is 17.8. The molecule has 1 atom stereocenters. The average molecular weight is 287 g/mol. The van der Waals surface area contributed by atoms with Crippen LogP contribution in [-0.4, -0.2) is 53.3 Å². The van der Waals surface area contributed by atoms with Gasteiger partial charge >= 0.3 is 0 Å². The van der Waals surface area contributed by atoms with Gasteiger partial charge in [-0.3, -0.25) is 9.59 Å². The van der Waals surface area contributed by atoms with Crippen LogP contribution in [0.25, 0.3) is 0 Å². The lowest BCUT2D eigenvalue weighted by Crippen LogP contribution is -2.50. The van der Waals surface area contributed by atoms with Crippen molar-refractivity contribution < 1.29 is 9.59 Å². The molecule has 0 aromatic heterocycles. The second-order valence-electron chi connectivity index (χ2n) is 4.78. The minimum Gasteiger partial charge on any atom is -0.392 e. The molecule has 0 radical (unpaired) electrons. The van der Waals surface area contributed by atoms with Crippen molar-refractivity contribution in [2.75, 3.05) is 26.7 Å². The lowest BCUT2D eigenvalue weighted by atomic mass is 9.86. The highest BCUT2D eigenvalue weighted by Crippen LogP contribution is 2.24. The summed E-state index contributed by atoms with van der Waals surface area (Å²) in [4.78, 5) is 27.6. The summed E-state index contributed by atoms with van der Waals surface area (Å²) in [5.41, 5.74) is 4.77. The van der Waals surface area contributed by atoms with Crippen molar-refractivity contribution in [3.63, 3.8) is 0 Å². The Balaban J connectivity index is 4.84. The number of nitrogens with two attached hydrogens (primary N) is 1. The lowest BCUT2D eigenvalue weighted by molar-refractivity contribution is -0.142. The van der Waals surface area contributed by atoms with Crippen molar-refractivity contribution in [3.05, 3.63) is 0 Å². The summed E-state index contributed by atoms with van der Waals surface area (Å²) in [7, 11) is 1.61. The molecule has 0 aliphatic heterocycles. The minimum atomic E-state index is -0.881. The minimum absolute atomic E-state index is 0.0543. The molecule has 0 aliphatic carbocycles. The van der Waals surface area contributed by atoms with Crippen LogP contribution >= 0.6 is 12.2 Å². The van der Waals surface area contributed by atoms with Crippen LogP contribution in [0.4, 0.5) is 0 Å². The van der Waals surface area contributed by atoms with Gasteiger partial charge < -0.3 is 15.5 Å². The van der Waals surface area contributed by atoms with Crippen molar-refractivity contribution in [2.45, 2.75) is 34.1 Å². The number of hydrogen-bond acceptors (Lipinski definition) is 3. The Morgan fingerprint density at radius 3 is 2.00 bits per heavy atom. The molecule has 0 aromatic rings. The van der Waals surface area contributed by atoms with E-state index in [1.165, 1.54) is 4.90 Å². The molecule has 0 spiro atoms. The normalized spacial score (nSPS) is 13.5. The number of hydrogen-bond donors (Lipinski definition) is 1. The first-order chi connectivity index (χ1) is 8.74. The van der Waals surface area contributed by atoms with Crippen LogP contribution in [0.15, 0.2) is 0 Å². The lowest BCUT2D eigenvalue weighted by Gasteiger charge is -2.31. The largest absolute Gasteiger partial charge is 0.392 e. The van der Waals surface area contributed by atoms with Crippen molar-refractivity contribution in [3.8, 4) is 0 Å². The van der Waals surface area contributed by atoms with E-state index in [4.69, 9.17) is 18.0 Å². The molecule has 2 N–H and O–H groups in total. The van der Waals surface area contributed by atoms with Gasteiger partial charge in [0.1, 0.15) is 0 Å². The molecule has 6 heteroatoms. The number of nitrogens with zero attached hydrogens (tertiary/aromatic N) is 2. The van der Waals surface area contributed by atoms with Crippen molar-refractivity contribution in [2.24, 2.45) is 11.1 Å². The van der Waals surface area contributed by atoms with Gasteiger partial charge in [0, 0.05) is 20.1 Å². The van der Waals surface area contributed by atoms with Crippen molar-refractivity contribution in [1.82, 2.24) is 9.80 Å². The van der Waals surface area contributed by atoms with E-state index in [1.807, 2.05) is 20.8 Å². The Morgan fingerprint density at radius 2 is 1.68 bits per heavy atom. The molecule has 0 aliphatic rings. The molecule has 0 saturated carbocycles. The van der Waals surface area contributed by atoms with Crippen LogP contribution in [0.5, 0.6) is 0 Å². The van der Waals surface area contributed by atoms with Gasteiger partial charge in [-0.15, -0.1) is 0 Å². The van der Waals surface area contributed by atoms with E-state index in [2.05, 4.69) is 0 Å². The van der Waals surface area contributed by atoms with Crippen molar-refractivity contribution >= 4 is 29.0 Å². The van der Waals surface area contributed by atoms with Gasteiger partial charge in [-0.1, -0.05) is 19.1 Å². The summed E-state index contributed by atoms with van der Waals surface area (Å²) in [6.45, 7) is 8.73. The Labute approximate surface area is 121 Å². The third-order valence-electron chi connectivity index (χ3n) is 3.56. The van der Waals surface area contributed by atoms with Crippen LogP contribution in [-0.2, 0) is 9.59 Å². The van der Waals surface area contributed by atoms with Crippen LogP contribution in [0.3, 0.4) is 0 Å². The van der Waals surface area contributed by atoms with Gasteiger partial charge in [-0.05, 0) is 27.2 Å². The summed E-state index contributed by atoms with van der Waals surface area (Å²) in [6.07, 6.45) is 0.519. The number of rotatable bonds is 7. The number of likely N-dealkylation sites (N-methyl/N-ethyl adjacent to an activating group) is 2. The summed E-state index contributed by atoms with van der Waals surface area (Å²) in [5.74, 6) is -0.273. The number of thiocarbonyl (C=S) groups is 1. The number of carbonyl (C=O) groups is 2. The van der Waals surface area contributed by atoms with Gasteiger partial charge in [0.15, 0.2) is 0 Å². The van der Waals surface area contributed by atoms with E-state index in [0.717, 1.165) is 0 Å². The first-order valence-corrected chi connectivity index (χ1v) is 6.98. The van der Waals surface area contributed by atoms with E-state index >= 15 is 0 Å².